The molecule has 10 nitrogen and oxygen atoms in total. The molecule has 0 spiro atoms. The van der Waals surface area contributed by atoms with Crippen LogP contribution in [-0.2, 0) is 14.4 Å². The molecule has 5 N–H and O–H groups in total. The molecule has 1 aliphatic carbocycles. The zero-order valence-corrected chi connectivity index (χ0v) is 20.7. The second-order valence-corrected chi connectivity index (χ2v) is 8.76. The topological polar surface area (TPSA) is 159 Å². The van der Waals surface area contributed by atoms with Gasteiger partial charge < -0.3 is 26.4 Å². The summed E-state index contributed by atoms with van der Waals surface area (Å²) >= 11 is 0. The lowest BCUT2D eigenvalue weighted by Crippen LogP contribution is -2.48. The van der Waals surface area contributed by atoms with E-state index in [1.54, 1.807) is 47.4 Å². The van der Waals surface area contributed by atoms with Crippen LogP contribution in [0.5, 0.6) is 0 Å². The molecule has 1 atom stereocenters. The molecule has 39 heavy (non-hydrogen) atoms. The number of hydrogen-bond acceptors (Lipinski definition) is 7. The molecule has 4 rings (SSSR count). The Labute approximate surface area is 221 Å². The summed E-state index contributed by atoms with van der Waals surface area (Å²) in [4.78, 5) is 60.6. The molecule has 0 bridgehead atoms. The van der Waals surface area contributed by atoms with E-state index in [1.807, 2.05) is 0 Å². The fourth-order valence-corrected chi connectivity index (χ4v) is 4.39. The standard InChI is InChI=1S/C24H26N4O4.C2HF3O2/c25-14-20(29)28-13-4-10-19(28)24(32)27-12-5-11-26-18-9-3-8-17-21(18)23(31)16-7-2-1-6-15(16)22(17)30;3-2(4,5)1(6)7/h1-3,6-9,19,26H,4-5,10-14,25H2,(H,27,32);(H,6,7)/t19-;/m0./s1. The molecule has 2 aromatic carbocycles. The minimum atomic E-state index is -5.08. The number of likely N-dealkylation sites (tertiary alicyclic amines) is 1. The van der Waals surface area contributed by atoms with Crippen LogP contribution in [0.2, 0.25) is 0 Å². The number of carbonyl (C=O) groups is 5. The molecule has 1 aliphatic heterocycles. The highest BCUT2D eigenvalue weighted by Crippen LogP contribution is 2.31. The van der Waals surface area contributed by atoms with Crippen molar-refractivity contribution in [3.63, 3.8) is 0 Å². The number of fused-ring (bicyclic) bond motifs is 2. The van der Waals surface area contributed by atoms with E-state index in [0.29, 0.717) is 60.4 Å². The molecule has 208 valence electrons. The first-order chi connectivity index (χ1) is 18.5. The van der Waals surface area contributed by atoms with E-state index >= 15 is 0 Å². The molecule has 0 saturated carbocycles. The number of nitrogens with two attached hydrogens (primary N) is 1. The van der Waals surface area contributed by atoms with Gasteiger partial charge in [-0.05, 0) is 25.3 Å². The van der Waals surface area contributed by atoms with Crippen LogP contribution in [0, 0.1) is 0 Å². The molecular weight excluding hydrogens is 521 g/mol. The third-order valence-corrected chi connectivity index (χ3v) is 6.21. The molecule has 2 aliphatic rings. The number of carboxylic acid groups (broad SMARTS) is 1. The lowest BCUT2D eigenvalue weighted by atomic mass is 9.83. The number of benzene rings is 2. The number of alkyl halides is 3. The average Bonchev–Trinajstić information content (AvgIpc) is 3.41. The van der Waals surface area contributed by atoms with Gasteiger partial charge >= 0.3 is 12.1 Å². The van der Waals surface area contributed by atoms with E-state index in [-0.39, 0.29) is 29.9 Å². The summed E-state index contributed by atoms with van der Waals surface area (Å²) in [5.74, 6) is -3.46. The van der Waals surface area contributed by atoms with E-state index < -0.39 is 18.2 Å². The second kappa shape index (κ2) is 12.5. The summed E-state index contributed by atoms with van der Waals surface area (Å²) in [5, 5.41) is 13.2. The zero-order valence-electron chi connectivity index (χ0n) is 20.7. The van der Waals surface area contributed by atoms with Crippen molar-refractivity contribution in [3.8, 4) is 0 Å². The third kappa shape index (κ3) is 6.79. The van der Waals surface area contributed by atoms with Crippen LogP contribution in [0.15, 0.2) is 42.5 Å². The first kappa shape index (κ1) is 29.3. The monoisotopic (exact) mass is 548 g/mol. The van der Waals surface area contributed by atoms with Crippen molar-refractivity contribution in [2.24, 2.45) is 5.73 Å². The Morgan fingerprint density at radius 3 is 2.21 bits per heavy atom. The van der Waals surface area contributed by atoms with Gasteiger partial charge in [-0.1, -0.05) is 36.4 Å². The van der Waals surface area contributed by atoms with Crippen molar-refractivity contribution < 1.29 is 42.3 Å². The Bertz CT molecular complexity index is 1280. The number of carbonyl (C=O) groups excluding carboxylic acids is 4. The Kier molecular flexibility index (Phi) is 9.41. The van der Waals surface area contributed by atoms with Gasteiger partial charge in [-0.2, -0.15) is 13.2 Å². The van der Waals surface area contributed by atoms with E-state index in [2.05, 4.69) is 10.6 Å². The number of amides is 2. The highest BCUT2D eigenvalue weighted by Gasteiger charge is 2.38. The molecule has 1 fully saturated rings. The Balaban J connectivity index is 0.000000532. The average molecular weight is 549 g/mol. The van der Waals surface area contributed by atoms with E-state index in [0.717, 1.165) is 6.42 Å². The third-order valence-electron chi connectivity index (χ3n) is 6.21. The maximum Gasteiger partial charge on any atom is 0.490 e. The normalized spacial score (nSPS) is 16.0. The molecule has 1 saturated heterocycles. The minimum absolute atomic E-state index is 0.0964. The Morgan fingerprint density at radius 2 is 1.59 bits per heavy atom. The molecule has 2 amide bonds. The van der Waals surface area contributed by atoms with Gasteiger partial charge in [-0.15, -0.1) is 0 Å². The molecule has 13 heteroatoms. The SMILES string of the molecule is NCC(=O)N1CCC[C@H]1C(=O)NCCCNc1cccc2c1C(=O)c1ccccc1C2=O.O=C(O)C(F)(F)F. The number of aliphatic carboxylic acids is 1. The number of halogens is 3. The molecule has 1 heterocycles. The summed E-state index contributed by atoms with van der Waals surface area (Å²) in [6, 6.07) is 11.6. The van der Waals surface area contributed by atoms with Crippen LogP contribution < -0.4 is 16.4 Å². The van der Waals surface area contributed by atoms with Gasteiger partial charge in [0.1, 0.15) is 6.04 Å². The summed E-state index contributed by atoms with van der Waals surface area (Å²) in [6.07, 6.45) is -3.03. The second-order valence-electron chi connectivity index (χ2n) is 8.76. The van der Waals surface area contributed by atoms with Gasteiger partial charge in [0.15, 0.2) is 11.6 Å². The van der Waals surface area contributed by atoms with Crippen molar-refractivity contribution in [2.45, 2.75) is 31.5 Å². The lowest BCUT2D eigenvalue weighted by Gasteiger charge is -2.23. The van der Waals surface area contributed by atoms with Crippen LogP contribution in [-0.4, -0.2) is 77.8 Å². The number of carboxylic acids is 1. The van der Waals surface area contributed by atoms with Gasteiger partial charge in [0.05, 0.1) is 12.1 Å². The number of ketones is 2. The predicted molar refractivity (Wildman–Crippen MR) is 133 cm³/mol. The predicted octanol–water partition coefficient (Wildman–Crippen LogP) is 1.96. The molecule has 2 aromatic rings. The molecule has 0 unspecified atom stereocenters. The number of rotatable bonds is 7. The first-order valence-electron chi connectivity index (χ1n) is 12.1. The summed E-state index contributed by atoms with van der Waals surface area (Å²) in [7, 11) is 0. The van der Waals surface area contributed by atoms with E-state index in [1.165, 1.54) is 0 Å². The summed E-state index contributed by atoms with van der Waals surface area (Å²) in [6.45, 7) is 1.40. The van der Waals surface area contributed by atoms with Crippen LogP contribution >= 0.6 is 0 Å². The van der Waals surface area contributed by atoms with Crippen molar-refractivity contribution in [3.05, 3.63) is 64.7 Å². The van der Waals surface area contributed by atoms with Crippen LogP contribution in [0.4, 0.5) is 18.9 Å². The summed E-state index contributed by atoms with van der Waals surface area (Å²) in [5.41, 5.74) is 7.67. The largest absolute Gasteiger partial charge is 0.490 e. The maximum absolute atomic E-state index is 13.0. The maximum atomic E-state index is 13.0. The molecule has 0 radical (unpaired) electrons. The number of anilines is 1. The van der Waals surface area contributed by atoms with Crippen molar-refractivity contribution in [1.29, 1.82) is 0 Å². The Morgan fingerprint density at radius 1 is 0.974 bits per heavy atom. The highest BCUT2D eigenvalue weighted by molar-refractivity contribution is 6.30. The van der Waals surface area contributed by atoms with Crippen LogP contribution in [0.3, 0.4) is 0 Å². The van der Waals surface area contributed by atoms with Gasteiger partial charge in [0, 0.05) is 42.0 Å². The van der Waals surface area contributed by atoms with Crippen LogP contribution in [0.1, 0.15) is 51.1 Å². The van der Waals surface area contributed by atoms with Gasteiger partial charge in [-0.3, -0.25) is 19.2 Å². The minimum Gasteiger partial charge on any atom is -0.475 e. The van der Waals surface area contributed by atoms with Crippen molar-refractivity contribution in [1.82, 2.24) is 10.2 Å². The smallest absolute Gasteiger partial charge is 0.475 e. The van der Waals surface area contributed by atoms with E-state index in [9.17, 15) is 32.3 Å². The van der Waals surface area contributed by atoms with Gasteiger partial charge in [0.25, 0.3) is 0 Å². The van der Waals surface area contributed by atoms with Gasteiger partial charge in [-0.25, -0.2) is 4.79 Å². The number of nitrogens with zero attached hydrogens (tertiary/aromatic N) is 1. The molecule has 0 aromatic heterocycles. The fourth-order valence-electron chi connectivity index (χ4n) is 4.39. The Hall–Kier alpha value is -4.26. The van der Waals surface area contributed by atoms with Crippen molar-refractivity contribution >= 4 is 35.0 Å². The van der Waals surface area contributed by atoms with Gasteiger partial charge in [0.2, 0.25) is 11.8 Å². The summed E-state index contributed by atoms with van der Waals surface area (Å²) < 4.78 is 31.7. The lowest BCUT2D eigenvalue weighted by molar-refractivity contribution is -0.192. The molecular formula is C26H27F3N4O6. The fraction of sp³-hybridized carbons (Fsp3) is 0.346. The van der Waals surface area contributed by atoms with E-state index in [4.69, 9.17) is 15.6 Å². The first-order valence-corrected chi connectivity index (χ1v) is 12.1. The quantitative estimate of drug-likeness (QED) is 0.326. The highest BCUT2D eigenvalue weighted by atomic mass is 19.4. The number of hydrogen-bond donors (Lipinski definition) is 4. The zero-order chi connectivity index (χ0) is 28.7. The van der Waals surface area contributed by atoms with Crippen LogP contribution in [0.25, 0.3) is 0 Å². The number of nitrogens with one attached hydrogen (secondary N) is 2. The van der Waals surface area contributed by atoms with Crippen molar-refractivity contribution in [2.75, 3.05) is 31.5 Å².